The summed E-state index contributed by atoms with van der Waals surface area (Å²) in [5, 5.41) is 5.57. The van der Waals surface area contributed by atoms with Crippen molar-refractivity contribution in [2.45, 2.75) is 18.9 Å². The fourth-order valence-electron chi connectivity index (χ4n) is 3.75. The Morgan fingerprint density at radius 2 is 1.52 bits per heavy atom. The smallest absolute Gasteiger partial charge is 0.324 e. The van der Waals surface area contributed by atoms with Crippen LogP contribution in [0.2, 0.25) is 0 Å². The summed E-state index contributed by atoms with van der Waals surface area (Å²) in [6.45, 7) is 1.29. The molecule has 1 aliphatic heterocycles. The highest BCUT2D eigenvalue weighted by molar-refractivity contribution is 6.10. The Bertz CT molecular complexity index is 1120. The summed E-state index contributed by atoms with van der Waals surface area (Å²) in [6, 6.07) is 25.9. The van der Waals surface area contributed by atoms with Crippen LogP contribution in [0.1, 0.15) is 23.6 Å². The molecule has 156 valence electrons. The van der Waals surface area contributed by atoms with Crippen LogP contribution in [-0.4, -0.2) is 29.3 Å². The van der Waals surface area contributed by atoms with E-state index in [9.17, 15) is 14.4 Å². The van der Waals surface area contributed by atoms with Gasteiger partial charge in [-0.05, 0) is 36.1 Å². The zero-order valence-electron chi connectivity index (χ0n) is 17.2. The van der Waals surface area contributed by atoms with E-state index in [4.69, 9.17) is 0 Å². The lowest BCUT2D eigenvalue weighted by Gasteiger charge is -2.22. The number of nitrogens with zero attached hydrogens (tertiary/aromatic N) is 1. The molecule has 6 heteroatoms. The summed E-state index contributed by atoms with van der Waals surface area (Å²) in [4.78, 5) is 39.2. The molecule has 0 aromatic heterocycles. The molecule has 1 fully saturated rings. The number of carbonyl (C=O) groups excluding carboxylic acids is 3. The molecule has 0 saturated carbocycles. The molecule has 0 aliphatic carbocycles. The van der Waals surface area contributed by atoms with Crippen LogP contribution in [0.15, 0.2) is 84.9 Å². The Morgan fingerprint density at radius 3 is 2.23 bits per heavy atom. The van der Waals surface area contributed by atoms with Crippen molar-refractivity contribution in [3.8, 4) is 0 Å². The second-order valence-electron chi connectivity index (χ2n) is 7.68. The SMILES string of the molecule is CC1(c2ccccc2)NC(=O)N(CC(=O)Nc2ccccc2Cc2ccccc2)C1=O. The molecule has 3 aromatic carbocycles. The normalized spacial score (nSPS) is 18.0. The molecule has 6 nitrogen and oxygen atoms in total. The van der Waals surface area contributed by atoms with Crippen LogP contribution >= 0.6 is 0 Å². The zero-order chi connectivity index (χ0) is 21.8. The summed E-state index contributed by atoms with van der Waals surface area (Å²) in [6.07, 6.45) is 0.659. The van der Waals surface area contributed by atoms with Gasteiger partial charge in [0, 0.05) is 5.69 Å². The van der Waals surface area contributed by atoms with Gasteiger partial charge in [0.05, 0.1) is 0 Å². The minimum absolute atomic E-state index is 0.354. The maximum absolute atomic E-state index is 13.0. The fourth-order valence-corrected chi connectivity index (χ4v) is 3.75. The highest BCUT2D eigenvalue weighted by Gasteiger charge is 2.49. The lowest BCUT2D eigenvalue weighted by Crippen LogP contribution is -2.42. The van der Waals surface area contributed by atoms with Gasteiger partial charge in [0.2, 0.25) is 5.91 Å². The van der Waals surface area contributed by atoms with Crippen molar-refractivity contribution < 1.29 is 14.4 Å². The van der Waals surface area contributed by atoms with Crippen molar-refractivity contribution in [1.29, 1.82) is 0 Å². The predicted octanol–water partition coefficient (Wildman–Crippen LogP) is 3.68. The van der Waals surface area contributed by atoms with Crippen LogP contribution in [0.25, 0.3) is 0 Å². The summed E-state index contributed by atoms with van der Waals surface area (Å²) >= 11 is 0. The second kappa shape index (κ2) is 8.44. The molecule has 0 spiro atoms. The number of amides is 4. The molecule has 31 heavy (non-hydrogen) atoms. The van der Waals surface area contributed by atoms with Crippen LogP contribution in [0.5, 0.6) is 0 Å². The predicted molar refractivity (Wildman–Crippen MR) is 118 cm³/mol. The van der Waals surface area contributed by atoms with E-state index in [-0.39, 0.29) is 6.54 Å². The first-order valence-electron chi connectivity index (χ1n) is 10.1. The van der Waals surface area contributed by atoms with Gasteiger partial charge in [-0.3, -0.25) is 14.5 Å². The fraction of sp³-hybridized carbons (Fsp3) is 0.160. The van der Waals surface area contributed by atoms with Gasteiger partial charge in [0.1, 0.15) is 12.1 Å². The van der Waals surface area contributed by atoms with E-state index < -0.39 is 23.4 Å². The summed E-state index contributed by atoms with van der Waals surface area (Å²) in [5.41, 5.74) is 2.22. The molecular formula is C25H23N3O3. The minimum atomic E-state index is -1.19. The first kappa shape index (κ1) is 20.3. The zero-order valence-corrected chi connectivity index (χ0v) is 17.2. The van der Waals surface area contributed by atoms with E-state index >= 15 is 0 Å². The number of hydrogen-bond acceptors (Lipinski definition) is 3. The van der Waals surface area contributed by atoms with E-state index in [2.05, 4.69) is 10.6 Å². The van der Waals surface area contributed by atoms with Gasteiger partial charge >= 0.3 is 6.03 Å². The first-order valence-corrected chi connectivity index (χ1v) is 10.1. The maximum atomic E-state index is 13.0. The van der Waals surface area contributed by atoms with Crippen LogP contribution in [0.3, 0.4) is 0 Å². The third kappa shape index (κ3) is 4.19. The number of carbonyl (C=O) groups is 3. The van der Waals surface area contributed by atoms with Crippen molar-refractivity contribution in [3.63, 3.8) is 0 Å². The van der Waals surface area contributed by atoms with Crippen molar-refractivity contribution in [2.24, 2.45) is 0 Å². The summed E-state index contributed by atoms with van der Waals surface area (Å²) < 4.78 is 0. The Morgan fingerprint density at radius 1 is 0.903 bits per heavy atom. The van der Waals surface area contributed by atoms with Gasteiger partial charge in [0.25, 0.3) is 5.91 Å². The molecule has 1 saturated heterocycles. The monoisotopic (exact) mass is 413 g/mol. The second-order valence-corrected chi connectivity index (χ2v) is 7.68. The first-order chi connectivity index (χ1) is 15.0. The lowest BCUT2D eigenvalue weighted by molar-refractivity contribution is -0.133. The quantitative estimate of drug-likeness (QED) is 0.605. The van der Waals surface area contributed by atoms with Crippen LogP contribution < -0.4 is 10.6 Å². The van der Waals surface area contributed by atoms with Gasteiger partial charge in [-0.15, -0.1) is 0 Å². The molecule has 1 aliphatic rings. The Labute approximate surface area is 180 Å². The summed E-state index contributed by atoms with van der Waals surface area (Å²) in [7, 11) is 0. The van der Waals surface area contributed by atoms with Crippen molar-refractivity contribution in [1.82, 2.24) is 10.2 Å². The van der Waals surface area contributed by atoms with Crippen molar-refractivity contribution >= 4 is 23.5 Å². The van der Waals surface area contributed by atoms with Crippen molar-refractivity contribution in [3.05, 3.63) is 102 Å². The minimum Gasteiger partial charge on any atom is -0.324 e. The lowest BCUT2D eigenvalue weighted by atomic mass is 9.92. The van der Waals surface area contributed by atoms with Gasteiger partial charge in [-0.25, -0.2) is 4.79 Å². The highest BCUT2D eigenvalue weighted by Crippen LogP contribution is 2.28. The van der Waals surface area contributed by atoms with E-state index in [1.165, 1.54) is 0 Å². The largest absolute Gasteiger partial charge is 0.325 e. The average molecular weight is 413 g/mol. The Balaban J connectivity index is 1.47. The van der Waals surface area contributed by atoms with Crippen LogP contribution in [0.4, 0.5) is 10.5 Å². The Kier molecular flexibility index (Phi) is 5.54. The molecule has 1 unspecified atom stereocenters. The third-order valence-corrected chi connectivity index (χ3v) is 5.46. The number of rotatable bonds is 6. The van der Waals surface area contributed by atoms with Gasteiger partial charge in [-0.1, -0.05) is 78.9 Å². The molecule has 2 N–H and O–H groups in total. The third-order valence-electron chi connectivity index (χ3n) is 5.46. The number of benzene rings is 3. The molecular weight excluding hydrogens is 390 g/mol. The van der Waals surface area contributed by atoms with Crippen LogP contribution in [-0.2, 0) is 21.5 Å². The summed E-state index contributed by atoms with van der Waals surface area (Å²) in [5.74, 6) is -0.877. The molecule has 4 rings (SSSR count). The topological polar surface area (TPSA) is 78.5 Å². The van der Waals surface area contributed by atoms with E-state index in [1.54, 1.807) is 31.2 Å². The number of imide groups is 1. The highest BCUT2D eigenvalue weighted by atomic mass is 16.2. The number of urea groups is 1. The number of anilines is 1. The standard InChI is InChI=1S/C25H23N3O3/c1-25(20-13-6-3-7-14-20)23(30)28(24(31)27-25)17-22(29)26-21-15-9-8-12-19(21)16-18-10-4-2-5-11-18/h2-15H,16-17H2,1H3,(H,26,29)(H,27,31). The molecule has 1 heterocycles. The average Bonchev–Trinajstić information content (AvgIpc) is 3.00. The van der Waals surface area contributed by atoms with Gasteiger partial charge in [-0.2, -0.15) is 0 Å². The van der Waals surface area contributed by atoms with E-state index in [0.29, 0.717) is 17.7 Å². The number of para-hydroxylation sites is 1. The molecule has 0 bridgehead atoms. The molecule has 0 radical (unpaired) electrons. The molecule has 3 aromatic rings. The van der Waals surface area contributed by atoms with E-state index in [0.717, 1.165) is 16.0 Å². The Hall–Kier alpha value is -3.93. The van der Waals surface area contributed by atoms with E-state index in [1.807, 2.05) is 60.7 Å². The van der Waals surface area contributed by atoms with Gasteiger partial charge < -0.3 is 10.6 Å². The molecule has 4 amide bonds. The number of nitrogens with one attached hydrogen (secondary N) is 2. The molecule has 1 atom stereocenters. The maximum Gasteiger partial charge on any atom is 0.325 e. The van der Waals surface area contributed by atoms with Gasteiger partial charge in [0.15, 0.2) is 0 Å². The van der Waals surface area contributed by atoms with Crippen molar-refractivity contribution in [2.75, 3.05) is 11.9 Å². The van der Waals surface area contributed by atoms with Crippen LogP contribution in [0, 0.1) is 0 Å². The number of hydrogen-bond donors (Lipinski definition) is 2.